The molecule has 1 fully saturated rings. The summed E-state index contributed by atoms with van der Waals surface area (Å²) in [5.41, 5.74) is 0. The molecule has 0 spiro atoms. The van der Waals surface area contributed by atoms with E-state index in [0.717, 1.165) is 12.6 Å². The molecule has 0 saturated heterocycles. The van der Waals surface area contributed by atoms with Gasteiger partial charge in [-0.2, -0.15) is 0 Å². The largest absolute Gasteiger partial charge is 0.307 e. The van der Waals surface area contributed by atoms with Gasteiger partial charge in [-0.3, -0.25) is 4.90 Å². The molecule has 0 radical (unpaired) electrons. The van der Waals surface area contributed by atoms with Crippen molar-refractivity contribution < 1.29 is 0 Å². The highest BCUT2D eigenvalue weighted by molar-refractivity contribution is 4.68. The molecule has 0 aromatic heterocycles. The number of nitrogens with zero attached hydrogens (tertiary/aromatic N) is 1. The van der Waals surface area contributed by atoms with Crippen LogP contribution in [0.5, 0.6) is 0 Å². The van der Waals surface area contributed by atoms with Gasteiger partial charge >= 0.3 is 0 Å². The van der Waals surface area contributed by atoms with E-state index in [-0.39, 0.29) is 0 Å². The van der Waals surface area contributed by atoms with Crippen LogP contribution in [0.4, 0.5) is 0 Å². The highest BCUT2D eigenvalue weighted by Crippen LogP contribution is 2.23. The van der Waals surface area contributed by atoms with Crippen LogP contribution in [0, 0.1) is 5.92 Å². The maximum atomic E-state index is 3.18. The molecule has 1 aliphatic carbocycles. The van der Waals surface area contributed by atoms with Crippen LogP contribution in [-0.4, -0.2) is 32.2 Å². The van der Waals surface area contributed by atoms with Crippen molar-refractivity contribution in [2.24, 2.45) is 5.92 Å². The first-order valence-corrected chi connectivity index (χ1v) is 5.16. The molecular formula is C10H22N2. The quantitative estimate of drug-likeness (QED) is 0.646. The first-order chi connectivity index (χ1) is 5.83. The van der Waals surface area contributed by atoms with E-state index in [2.05, 4.69) is 17.3 Å². The van der Waals surface area contributed by atoms with Crippen LogP contribution in [-0.2, 0) is 0 Å². The summed E-state index contributed by atoms with van der Waals surface area (Å²) in [7, 11) is 4.21. The van der Waals surface area contributed by atoms with Crippen LogP contribution in [0.15, 0.2) is 0 Å². The van der Waals surface area contributed by atoms with Crippen LogP contribution >= 0.6 is 0 Å². The zero-order valence-corrected chi connectivity index (χ0v) is 8.47. The lowest BCUT2D eigenvalue weighted by Crippen LogP contribution is -2.33. The number of rotatable bonds is 4. The van der Waals surface area contributed by atoms with Crippen LogP contribution in [0.25, 0.3) is 0 Å². The highest BCUT2D eigenvalue weighted by Gasteiger charge is 2.14. The van der Waals surface area contributed by atoms with E-state index in [4.69, 9.17) is 0 Å². The van der Waals surface area contributed by atoms with Gasteiger partial charge < -0.3 is 5.32 Å². The Bertz CT molecular complexity index is 108. The second-order valence-corrected chi connectivity index (χ2v) is 4.05. The Morgan fingerprint density at radius 3 is 2.50 bits per heavy atom. The zero-order chi connectivity index (χ0) is 8.81. The maximum absolute atomic E-state index is 3.18. The SMILES string of the molecule is CNCN(C)CC1CCCCC1. The molecule has 0 heterocycles. The molecule has 0 bridgehead atoms. The predicted octanol–water partition coefficient (Wildman–Crippen LogP) is 1.68. The molecule has 2 nitrogen and oxygen atoms in total. The van der Waals surface area contributed by atoms with Gasteiger partial charge in [-0.15, -0.1) is 0 Å². The Morgan fingerprint density at radius 1 is 1.25 bits per heavy atom. The zero-order valence-electron chi connectivity index (χ0n) is 8.47. The van der Waals surface area contributed by atoms with Gasteiger partial charge in [-0.25, -0.2) is 0 Å². The standard InChI is InChI=1S/C10H22N2/c1-11-9-12(2)8-10-6-4-3-5-7-10/h10-11H,3-9H2,1-2H3. The van der Waals surface area contributed by atoms with Crippen LogP contribution in [0.2, 0.25) is 0 Å². The third-order valence-electron chi connectivity index (χ3n) is 2.72. The molecule has 0 amide bonds. The van der Waals surface area contributed by atoms with Crippen LogP contribution in [0.1, 0.15) is 32.1 Å². The molecule has 0 atom stereocenters. The number of hydrogen-bond donors (Lipinski definition) is 1. The molecule has 0 unspecified atom stereocenters. The molecule has 72 valence electrons. The van der Waals surface area contributed by atoms with Crippen molar-refractivity contribution in [3.63, 3.8) is 0 Å². The second-order valence-electron chi connectivity index (χ2n) is 4.05. The lowest BCUT2D eigenvalue weighted by atomic mass is 9.89. The molecule has 0 aromatic rings. The summed E-state index contributed by atoms with van der Waals surface area (Å²) in [6.07, 6.45) is 7.28. The molecule has 1 saturated carbocycles. The van der Waals surface area contributed by atoms with Gasteiger partial charge in [0, 0.05) is 13.2 Å². The Kier molecular flexibility index (Phi) is 4.62. The van der Waals surface area contributed by atoms with Crippen molar-refractivity contribution in [3.05, 3.63) is 0 Å². The molecule has 2 heteroatoms. The van der Waals surface area contributed by atoms with Crippen molar-refractivity contribution >= 4 is 0 Å². The third-order valence-corrected chi connectivity index (χ3v) is 2.72. The molecule has 1 aliphatic rings. The Labute approximate surface area is 76.3 Å². The van der Waals surface area contributed by atoms with Crippen LogP contribution in [0.3, 0.4) is 0 Å². The normalized spacial score (nSPS) is 20.2. The van der Waals surface area contributed by atoms with E-state index in [9.17, 15) is 0 Å². The Hall–Kier alpha value is -0.0800. The van der Waals surface area contributed by atoms with Crippen LogP contribution < -0.4 is 5.32 Å². The summed E-state index contributed by atoms with van der Waals surface area (Å²) in [5.74, 6) is 0.970. The summed E-state index contributed by atoms with van der Waals surface area (Å²) >= 11 is 0. The highest BCUT2D eigenvalue weighted by atomic mass is 15.2. The average molecular weight is 170 g/mol. The predicted molar refractivity (Wildman–Crippen MR) is 53.1 cm³/mol. The molecule has 1 rings (SSSR count). The summed E-state index contributed by atoms with van der Waals surface area (Å²) < 4.78 is 0. The molecular weight excluding hydrogens is 148 g/mol. The van der Waals surface area contributed by atoms with Crippen molar-refractivity contribution in [3.8, 4) is 0 Å². The van der Waals surface area contributed by atoms with Gasteiger partial charge in [0.1, 0.15) is 0 Å². The van der Waals surface area contributed by atoms with Gasteiger partial charge in [0.05, 0.1) is 0 Å². The summed E-state index contributed by atoms with van der Waals surface area (Å²) in [6.45, 7) is 2.30. The van der Waals surface area contributed by atoms with E-state index < -0.39 is 0 Å². The monoisotopic (exact) mass is 170 g/mol. The minimum atomic E-state index is 0.970. The minimum Gasteiger partial charge on any atom is -0.307 e. The summed E-state index contributed by atoms with van der Waals surface area (Å²) in [5, 5.41) is 3.18. The fourth-order valence-electron chi connectivity index (χ4n) is 2.14. The van der Waals surface area contributed by atoms with E-state index in [0.29, 0.717) is 0 Å². The fraction of sp³-hybridized carbons (Fsp3) is 1.00. The fourth-order valence-corrected chi connectivity index (χ4v) is 2.14. The average Bonchev–Trinajstić information content (AvgIpc) is 2.06. The lowest BCUT2D eigenvalue weighted by Gasteiger charge is -2.26. The van der Waals surface area contributed by atoms with Gasteiger partial charge in [-0.05, 0) is 32.9 Å². The summed E-state index contributed by atoms with van der Waals surface area (Å²) in [4.78, 5) is 2.38. The van der Waals surface area contributed by atoms with E-state index >= 15 is 0 Å². The van der Waals surface area contributed by atoms with E-state index in [1.165, 1.54) is 38.6 Å². The maximum Gasteiger partial charge on any atom is 0.0475 e. The van der Waals surface area contributed by atoms with Gasteiger partial charge in [0.25, 0.3) is 0 Å². The smallest absolute Gasteiger partial charge is 0.0475 e. The first-order valence-electron chi connectivity index (χ1n) is 5.16. The molecule has 0 aliphatic heterocycles. The Balaban J connectivity index is 2.11. The molecule has 12 heavy (non-hydrogen) atoms. The topological polar surface area (TPSA) is 15.3 Å². The Morgan fingerprint density at radius 2 is 1.92 bits per heavy atom. The minimum absolute atomic E-state index is 0.970. The van der Waals surface area contributed by atoms with E-state index in [1.807, 2.05) is 7.05 Å². The van der Waals surface area contributed by atoms with Gasteiger partial charge in [-0.1, -0.05) is 19.3 Å². The molecule has 0 aromatic carbocycles. The van der Waals surface area contributed by atoms with Crippen molar-refractivity contribution in [2.45, 2.75) is 32.1 Å². The number of hydrogen-bond acceptors (Lipinski definition) is 2. The van der Waals surface area contributed by atoms with Crippen molar-refractivity contribution in [2.75, 3.05) is 27.3 Å². The third kappa shape index (κ3) is 3.55. The van der Waals surface area contributed by atoms with Gasteiger partial charge in [0.15, 0.2) is 0 Å². The number of nitrogens with one attached hydrogen (secondary N) is 1. The van der Waals surface area contributed by atoms with Crippen molar-refractivity contribution in [1.29, 1.82) is 0 Å². The van der Waals surface area contributed by atoms with Gasteiger partial charge in [0.2, 0.25) is 0 Å². The second kappa shape index (κ2) is 5.55. The first kappa shape index (κ1) is 10.0. The van der Waals surface area contributed by atoms with Crippen molar-refractivity contribution in [1.82, 2.24) is 10.2 Å². The van der Waals surface area contributed by atoms with E-state index in [1.54, 1.807) is 0 Å². The lowest BCUT2D eigenvalue weighted by molar-refractivity contribution is 0.226. The molecule has 1 N–H and O–H groups in total. The summed E-state index contributed by atoms with van der Waals surface area (Å²) in [6, 6.07) is 0.